The fourth-order valence-electron chi connectivity index (χ4n) is 2.33. The summed E-state index contributed by atoms with van der Waals surface area (Å²) in [6, 6.07) is 10.9. The minimum absolute atomic E-state index is 0.0173. The summed E-state index contributed by atoms with van der Waals surface area (Å²) in [5.41, 5.74) is 1.81. The van der Waals surface area contributed by atoms with E-state index in [1.54, 1.807) is 28.5 Å². The van der Waals surface area contributed by atoms with Gasteiger partial charge in [-0.05, 0) is 41.3 Å². The number of phenols is 1. The van der Waals surface area contributed by atoms with Gasteiger partial charge in [0.2, 0.25) is 5.91 Å². The predicted molar refractivity (Wildman–Crippen MR) is 78.8 cm³/mol. The van der Waals surface area contributed by atoms with Crippen molar-refractivity contribution in [3.05, 3.63) is 52.2 Å². The van der Waals surface area contributed by atoms with Gasteiger partial charge in [-0.25, -0.2) is 5.01 Å². The first-order valence-electron chi connectivity index (χ1n) is 6.35. The number of aromatic hydroxyl groups is 1. The van der Waals surface area contributed by atoms with Crippen LogP contribution in [-0.2, 0) is 4.79 Å². The monoisotopic (exact) mass is 286 g/mol. The highest BCUT2D eigenvalue weighted by Crippen LogP contribution is 2.35. The van der Waals surface area contributed by atoms with Crippen molar-refractivity contribution in [2.45, 2.75) is 19.4 Å². The maximum absolute atomic E-state index is 11.8. The average molecular weight is 286 g/mol. The van der Waals surface area contributed by atoms with Gasteiger partial charge in [0, 0.05) is 18.2 Å². The predicted octanol–water partition coefficient (Wildman–Crippen LogP) is 3.15. The second-order valence-electron chi connectivity index (χ2n) is 4.69. The van der Waals surface area contributed by atoms with E-state index in [0.717, 1.165) is 16.2 Å². The van der Waals surface area contributed by atoms with Crippen LogP contribution in [0.2, 0.25) is 0 Å². The van der Waals surface area contributed by atoms with Crippen molar-refractivity contribution in [1.82, 2.24) is 5.01 Å². The van der Waals surface area contributed by atoms with E-state index >= 15 is 0 Å². The molecule has 1 aromatic heterocycles. The Labute approximate surface area is 121 Å². The number of benzene rings is 1. The van der Waals surface area contributed by atoms with Gasteiger partial charge >= 0.3 is 0 Å². The first-order valence-corrected chi connectivity index (χ1v) is 7.23. The molecule has 0 aliphatic carbocycles. The molecule has 3 rings (SSSR count). The third-order valence-electron chi connectivity index (χ3n) is 3.31. The number of thiophene rings is 1. The lowest BCUT2D eigenvalue weighted by atomic mass is 10.0. The normalized spacial score (nSPS) is 18.1. The second kappa shape index (κ2) is 5.09. The highest BCUT2D eigenvalue weighted by molar-refractivity contribution is 7.10. The van der Waals surface area contributed by atoms with E-state index < -0.39 is 0 Å². The van der Waals surface area contributed by atoms with E-state index in [-0.39, 0.29) is 17.7 Å². The van der Waals surface area contributed by atoms with E-state index in [1.807, 2.05) is 29.6 Å². The number of nitrogens with zero attached hydrogens (tertiary/aromatic N) is 2. The molecule has 1 amide bonds. The van der Waals surface area contributed by atoms with Crippen LogP contribution >= 0.6 is 11.3 Å². The first-order chi connectivity index (χ1) is 9.65. The minimum atomic E-state index is -0.0582. The Balaban J connectivity index is 1.92. The van der Waals surface area contributed by atoms with Gasteiger partial charge in [-0.3, -0.25) is 4.79 Å². The zero-order valence-electron chi connectivity index (χ0n) is 11.0. The van der Waals surface area contributed by atoms with Gasteiger partial charge < -0.3 is 5.11 Å². The average Bonchev–Trinajstić information content (AvgIpc) is 3.08. The van der Waals surface area contributed by atoms with Gasteiger partial charge in [0.25, 0.3) is 0 Å². The van der Waals surface area contributed by atoms with Crippen LogP contribution in [0.3, 0.4) is 0 Å². The molecule has 2 heterocycles. The number of carbonyl (C=O) groups is 1. The Morgan fingerprint density at radius 2 is 2.10 bits per heavy atom. The Hall–Kier alpha value is -2.14. The molecule has 1 unspecified atom stereocenters. The van der Waals surface area contributed by atoms with Crippen LogP contribution in [0.4, 0.5) is 0 Å². The zero-order valence-corrected chi connectivity index (χ0v) is 11.8. The van der Waals surface area contributed by atoms with Crippen molar-refractivity contribution in [2.24, 2.45) is 5.10 Å². The highest BCUT2D eigenvalue weighted by Gasteiger charge is 2.31. The summed E-state index contributed by atoms with van der Waals surface area (Å²) < 4.78 is 0. The minimum Gasteiger partial charge on any atom is -0.508 e. The Bertz CT molecular complexity index is 647. The molecular weight excluding hydrogens is 272 g/mol. The number of hydrogen-bond donors (Lipinski definition) is 1. The molecule has 4 nitrogen and oxygen atoms in total. The molecular formula is C15H14N2O2S. The molecule has 0 spiro atoms. The summed E-state index contributed by atoms with van der Waals surface area (Å²) in [6.45, 7) is 1.53. The van der Waals surface area contributed by atoms with Crippen LogP contribution < -0.4 is 0 Å². The van der Waals surface area contributed by atoms with Gasteiger partial charge in [0.05, 0.1) is 11.8 Å². The van der Waals surface area contributed by atoms with E-state index in [4.69, 9.17) is 0 Å². The fraction of sp³-hybridized carbons (Fsp3) is 0.200. The number of carbonyl (C=O) groups excluding carboxylic acids is 1. The van der Waals surface area contributed by atoms with Crippen LogP contribution in [0.25, 0.3) is 0 Å². The molecule has 1 atom stereocenters. The molecule has 0 fully saturated rings. The standard InChI is InChI=1S/C15H14N2O2S/c1-10(18)17-14(15-3-2-8-20-15)9-13(16-17)11-4-6-12(19)7-5-11/h2-8,14,19H,9H2,1H3. The molecule has 0 saturated heterocycles. The first kappa shape index (κ1) is 12.9. The highest BCUT2D eigenvalue weighted by atomic mass is 32.1. The quantitative estimate of drug-likeness (QED) is 0.922. The number of hydrogen-bond acceptors (Lipinski definition) is 4. The number of amides is 1. The molecule has 1 aliphatic heterocycles. The largest absolute Gasteiger partial charge is 0.508 e. The molecule has 0 radical (unpaired) electrons. The van der Waals surface area contributed by atoms with E-state index in [2.05, 4.69) is 5.10 Å². The molecule has 20 heavy (non-hydrogen) atoms. The number of phenolic OH excluding ortho intramolecular Hbond substituents is 1. The van der Waals surface area contributed by atoms with Gasteiger partial charge in [0.15, 0.2) is 0 Å². The summed E-state index contributed by atoms with van der Waals surface area (Å²) >= 11 is 1.63. The van der Waals surface area contributed by atoms with Crippen LogP contribution in [0.15, 0.2) is 46.9 Å². The summed E-state index contributed by atoms with van der Waals surface area (Å²) in [5, 5.41) is 17.3. The van der Waals surface area contributed by atoms with Crippen LogP contribution in [0, 0.1) is 0 Å². The topological polar surface area (TPSA) is 52.9 Å². The molecule has 102 valence electrons. The van der Waals surface area contributed by atoms with Crippen molar-refractivity contribution in [2.75, 3.05) is 0 Å². The third-order valence-corrected chi connectivity index (χ3v) is 4.28. The summed E-state index contributed by atoms with van der Waals surface area (Å²) in [6.07, 6.45) is 0.699. The number of rotatable bonds is 2. The fourth-order valence-corrected chi connectivity index (χ4v) is 3.14. The maximum atomic E-state index is 11.8. The third kappa shape index (κ3) is 2.32. The Morgan fingerprint density at radius 3 is 2.70 bits per heavy atom. The Morgan fingerprint density at radius 1 is 1.35 bits per heavy atom. The van der Waals surface area contributed by atoms with Gasteiger partial charge in [-0.1, -0.05) is 6.07 Å². The van der Waals surface area contributed by atoms with Crippen molar-refractivity contribution in [3.63, 3.8) is 0 Å². The van der Waals surface area contributed by atoms with Crippen molar-refractivity contribution >= 4 is 23.0 Å². The van der Waals surface area contributed by atoms with Crippen LogP contribution in [0.5, 0.6) is 5.75 Å². The second-order valence-corrected chi connectivity index (χ2v) is 5.67. The Kier molecular flexibility index (Phi) is 3.28. The summed E-state index contributed by atoms with van der Waals surface area (Å²) in [4.78, 5) is 12.9. The van der Waals surface area contributed by atoms with Crippen molar-refractivity contribution in [3.8, 4) is 5.75 Å². The lowest BCUT2D eigenvalue weighted by molar-refractivity contribution is -0.130. The van der Waals surface area contributed by atoms with Crippen molar-refractivity contribution in [1.29, 1.82) is 0 Å². The molecule has 0 bridgehead atoms. The van der Waals surface area contributed by atoms with E-state index in [9.17, 15) is 9.90 Å². The molecule has 5 heteroatoms. The SMILES string of the molecule is CC(=O)N1N=C(c2ccc(O)cc2)CC1c1cccs1. The van der Waals surface area contributed by atoms with Crippen LogP contribution in [0.1, 0.15) is 29.8 Å². The molecule has 1 N–H and O–H groups in total. The molecule has 1 aliphatic rings. The summed E-state index contributed by atoms with van der Waals surface area (Å²) in [7, 11) is 0. The zero-order chi connectivity index (χ0) is 14.1. The van der Waals surface area contributed by atoms with E-state index in [0.29, 0.717) is 6.42 Å². The van der Waals surface area contributed by atoms with Gasteiger partial charge in [-0.15, -0.1) is 11.3 Å². The smallest absolute Gasteiger partial charge is 0.240 e. The number of hydrazone groups is 1. The molecule has 2 aromatic rings. The summed E-state index contributed by atoms with van der Waals surface area (Å²) in [5.74, 6) is 0.169. The van der Waals surface area contributed by atoms with E-state index in [1.165, 1.54) is 6.92 Å². The van der Waals surface area contributed by atoms with Crippen LogP contribution in [-0.4, -0.2) is 21.7 Å². The molecule has 0 saturated carbocycles. The molecule has 1 aromatic carbocycles. The van der Waals surface area contributed by atoms with Crippen molar-refractivity contribution < 1.29 is 9.90 Å². The van der Waals surface area contributed by atoms with Gasteiger partial charge in [-0.2, -0.15) is 5.10 Å². The van der Waals surface area contributed by atoms with Gasteiger partial charge in [0.1, 0.15) is 5.75 Å². The lowest BCUT2D eigenvalue weighted by Crippen LogP contribution is -2.23. The lowest BCUT2D eigenvalue weighted by Gasteiger charge is -2.18. The maximum Gasteiger partial charge on any atom is 0.240 e.